The molecule has 1 saturated carbocycles. The Morgan fingerprint density at radius 3 is 2.71 bits per heavy atom. The summed E-state index contributed by atoms with van der Waals surface area (Å²) in [7, 11) is 0. The van der Waals surface area contributed by atoms with Gasteiger partial charge in [0.05, 0.1) is 15.9 Å². The summed E-state index contributed by atoms with van der Waals surface area (Å²) in [6.07, 6.45) is 3.73. The van der Waals surface area contributed by atoms with Gasteiger partial charge in [-0.2, -0.15) is 0 Å². The van der Waals surface area contributed by atoms with Gasteiger partial charge in [-0.25, -0.2) is 4.98 Å². The van der Waals surface area contributed by atoms with Gasteiger partial charge in [0.1, 0.15) is 11.3 Å². The first kappa shape index (κ1) is 15.2. The summed E-state index contributed by atoms with van der Waals surface area (Å²) in [4.78, 5) is 4.74. The van der Waals surface area contributed by atoms with E-state index in [2.05, 4.69) is 24.5 Å². The number of rotatable bonds is 2. The molecule has 0 saturated heterocycles. The Hall–Kier alpha value is -0.730. The third-order valence-corrected chi connectivity index (χ3v) is 5.27. The Morgan fingerprint density at radius 2 is 2.05 bits per heavy atom. The SMILES string of the molecule is CC1CCC(n2c(C(C)Cl)nc3c(Cl)cccc32)C(C)C1. The van der Waals surface area contributed by atoms with Crippen molar-refractivity contribution in [3.05, 3.63) is 29.0 Å². The van der Waals surface area contributed by atoms with E-state index in [0.717, 1.165) is 22.8 Å². The van der Waals surface area contributed by atoms with Gasteiger partial charge in [0, 0.05) is 6.04 Å². The van der Waals surface area contributed by atoms with Crippen molar-refractivity contribution < 1.29 is 0 Å². The molecule has 4 unspecified atom stereocenters. The molecule has 1 aliphatic rings. The van der Waals surface area contributed by atoms with Gasteiger partial charge in [0.15, 0.2) is 0 Å². The maximum atomic E-state index is 6.40. The first-order valence-corrected chi connectivity index (χ1v) is 8.61. The lowest BCUT2D eigenvalue weighted by Gasteiger charge is -2.35. The highest BCUT2D eigenvalue weighted by Gasteiger charge is 2.30. The van der Waals surface area contributed by atoms with Crippen LogP contribution in [0.3, 0.4) is 0 Å². The molecule has 0 amide bonds. The maximum Gasteiger partial charge on any atom is 0.128 e. The van der Waals surface area contributed by atoms with Gasteiger partial charge in [-0.05, 0) is 50.2 Å². The van der Waals surface area contributed by atoms with Crippen molar-refractivity contribution in [1.82, 2.24) is 9.55 Å². The molecular formula is C17H22Cl2N2. The first-order chi connectivity index (χ1) is 9.99. The van der Waals surface area contributed by atoms with Crippen molar-refractivity contribution in [2.45, 2.75) is 51.5 Å². The Bertz CT molecular complexity index is 648. The van der Waals surface area contributed by atoms with Crippen LogP contribution in [0.15, 0.2) is 18.2 Å². The molecule has 21 heavy (non-hydrogen) atoms. The number of nitrogens with zero attached hydrogens (tertiary/aromatic N) is 2. The van der Waals surface area contributed by atoms with E-state index in [1.807, 2.05) is 19.1 Å². The van der Waals surface area contributed by atoms with E-state index in [-0.39, 0.29) is 5.38 Å². The van der Waals surface area contributed by atoms with Crippen molar-refractivity contribution in [1.29, 1.82) is 0 Å². The monoisotopic (exact) mass is 324 g/mol. The van der Waals surface area contributed by atoms with Crippen LogP contribution in [-0.2, 0) is 0 Å². The second-order valence-corrected chi connectivity index (χ2v) is 7.59. The molecule has 1 fully saturated rings. The second-order valence-electron chi connectivity index (χ2n) is 6.53. The number of para-hydroxylation sites is 1. The number of alkyl halides is 1. The van der Waals surface area contributed by atoms with Crippen LogP contribution in [0.2, 0.25) is 5.02 Å². The number of benzene rings is 1. The topological polar surface area (TPSA) is 17.8 Å². The molecule has 2 aromatic rings. The van der Waals surface area contributed by atoms with Crippen molar-refractivity contribution in [3.8, 4) is 0 Å². The lowest BCUT2D eigenvalue weighted by molar-refractivity contribution is 0.208. The minimum Gasteiger partial charge on any atom is -0.323 e. The summed E-state index contributed by atoms with van der Waals surface area (Å²) in [5.41, 5.74) is 2.00. The zero-order valence-corrected chi connectivity index (χ0v) is 14.3. The van der Waals surface area contributed by atoms with Gasteiger partial charge < -0.3 is 4.57 Å². The van der Waals surface area contributed by atoms with Gasteiger partial charge in [-0.3, -0.25) is 0 Å². The van der Waals surface area contributed by atoms with Crippen LogP contribution in [0.25, 0.3) is 11.0 Å². The van der Waals surface area contributed by atoms with Gasteiger partial charge >= 0.3 is 0 Å². The smallest absolute Gasteiger partial charge is 0.128 e. The molecule has 1 aromatic heterocycles. The summed E-state index contributed by atoms with van der Waals surface area (Å²) in [6, 6.07) is 6.49. The molecule has 1 aliphatic carbocycles. The van der Waals surface area contributed by atoms with Gasteiger partial charge in [0.25, 0.3) is 0 Å². The Kier molecular flexibility index (Phi) is 4.20. The van der Waals surface area contributed by atoms with Crippen molar-refractivity contribution in [2.24, 2.45) is 11.8 Å². The third-order valence-electron chi connectivity index (χ3n) is 4.77. The number of halogens is 2. The fourth-order valence-electron chi connectivity index (χ4n) is 3.76. The third kappa shape index (κ3) is 2.68. The summed E-state index contributed by atoms with van der Waals surface area (Å²) < 4.78 is 2.36. The predicted molar refractivity (Wildman–Crippen MR) is 90.2 cm³/mol. The minimum absolute atomic E-state index is 0.111. The maximum absolute atomic E-state index is 6.40. The number of imidazole rings is 1. The molecule has 1 aromatic carbocycles. The second kappa shape index (κ2) is 5.81. The largest absolute Gasteiger partial charge is 0.323 e. The normalized spacial score (nSPS) is 28.0. The van der Waals surface area contributed by atoms with Gasteiger partial charge in [-0.1, -0.05) is 31.5 Å². The summed E-state index contributed by atoms with van der Waals surface area (Å²) in [6.45, 7) is 6.68. The van der Waals surface area contributed by atoms with E-state index in [1.165, 1.54) is 19.3 Å². The molecule has 0 aliphatic heterocycles. The summed E-state index contributed by atoms with van der Waals surface area (Å²) >= 11 is 12.7. The van der Waals surface area contributed by atoms with Crippen molar-refractivity contribution in [3.63, 3.8) is 0 Å². The van der Waals surface area contributed by atoms with Crippen molar-refractivity contribution in [2.75, 3.05) is 0 Å². The van der Waals surface area contributed by atoms with Gasteiger partial charge in [-0.15, -0.1) is 11.6 Å². The number of hydrogen-bond acceptors (Lipinski definition) is 1. The fourth-order valence-corrected chi connectivity index (χ4v) is 4.13. The standard InChI is InChI=1S/C17H22Cl2N2/c1-10-7-8-14(11(2)9-10)21-15-6-4-5-13(19)16(15)20-17(21)12(3)18/h4-6,10-12,14H,7-9H2,1-3H3. The van der Waals surface area contributed by atoms with Crippen LogP contribution in [0.1, 0.15) is 57.3 Å². The quantitative estimate of drug-likeness (QED) is 0.620. The molecule has 1 heterocycles. The highest BCUT2D eigenvalue weighted by molar-refractivity contribution is 6.35. The van der Waals surface area contributed by atoms with E-state index in [0.29, 0.717) is 17.0 Å². The van der Waals surface area contributed by atoms with E-state index in [4.69, 9.17) is 28.2 Å². The van der Waals surface area contributed by atoms with E-state index in [9.17, 15) is 0 Å². The lowest BCUT2D eigenvalue weighted by atomic mass is 9.79. The van der Waals surface area contributed by atoms with Crippen LogP contribution < -0.4 is 0 Å². The van der Waals surface area contributed by atoms with Crippen LogP contribution in [-0.4, -0.2) is 9.55 Å². The molecule has 4 heteroatoms. The molecule has 114 valence electrons. The Morgan fingerprint density at radius 1 is 1.29 bits per heavy atom. The molecule has 0 N–H and O–H groups in total. The molecule has 0 bridgehead atoms. The zero-order chi connectivity index (χ0) is 15.1. The van der Waals surface area contributed by atoms with Crippen LogP contribution in [0.4, 0.5) is 0 Å². The Labute approximate surface area is 136 Å². The number of aromatic nitrogens is 2. The molecule has 4 atom stereocenters. The molecule has 3 rings (SSSR count). The van der Waals surface area contributed by atoms with Crippen LogP contribution in [0, 0.1) is 11.8 Å². The van der Waals surface area contributed by atoms with E-state index in [1.54, 1.807) is 0 Å². The van der Waals surface area contributed by atoms with Crippen LogP contribution in [0.5, 0.6) is 0 Å². The lowest BCUT2D eigenvalue weighted by Crippen LogP contribution is -2.26. The van der Waals surface area contributed by atoms with E-state index < -0.39 is 0 Å². The average molecular weight is 325 g/mol. The average Bonchev–Trinajstić information content (AvgIpc) is 2.80. The number of fused-ring (bicyclic) bond motifs is 1. The molecule has 2 nitrogen and oxygen atoms in total. The summed E-state index contributed by atoms with van der Waals surface area (Å²) in [5.74, 6) is 2.40. The predicted octanol–water partition coefficient (Wildman–Crippen LogP) is 5.99. The molecule has 0 radical (unpaired) electrons. The fraction of sp³-hybridized carbons (Fsp3) is 0.588. The highest BCUT2D eigenvalue weighted by Crippen LogP contribution is 2.41. The molecule has 0 spiro atoms. The van der Waals surface area contributed by atoms with E-state index >= 15 is 0 Å². The summed E-state index contributed by atoms with van der Waals surface area (Å²) in [5, 5.41) is 0.599. The highest BCUT2D eigenvalue weighted by atomic mass is 35.5. The Balaban J connectivity index is 2.16. The first-order valence-electron chi connectivity index (χ1n) is 7.79. The molecular weight excluding hydrogens is 303 g/mol. The van der Waals surface area contributed by atoms with Crippen LogP contribution >= 0.6 is 23.2 Å². The number of hydrogen-bond donors (Lipinski definition) is 0. The zero-order valence-electron chi connectivity index (χ0n) is 12.8. The van der Waals surface area contributed by atoms with Crippen molar-refractivity contribution >= 4 is 34.2 Å². The van der Waals surface area contributed by atoms with Gasteiger partial charge in [0.2, 0.25) is 0 Å². The minimum atomic E-state index is -0.111.